The van der Waals surface area contributed by atoms with Crippen molar-refractivity contribution in [1.29, 1.82) is 0 Å². The van der Waals surface area contributed by atoms with Crippen LogP contribution < -0.4 is 0 Å². The number of likely N-dealkylation sites (tertiary alicyclic amines) is 1. The average molecular weight is 500 g/mol. The first-order chi connectivity index (χ1) is 18.0. The van der Waals surface area contributed by atoms with Crippen molar-refractivity contribution < 1.29 is 4.79 Å². The molecule has 1 aliphatic heterocycles. The van der Waals surface area contributed by atoms with Crippen LogP contribution in [0.15, 0.2) is 47.6 Å². The van der Waals surface area contributed by atoms with Gasteiger partial charge in [0.05, 0.1) is 0 Å². The zero-order valence-electron chi connectivity index (χ0n) is 22.7. The monoisotopic (exact) mass is 499 g/mol. The second-order valence-electron chi connectivity index (χ2n) is 11.2. The second kappa shape index (κ2) is 11.7. The number of aldehydes is 1. The highest BCUT2D eigenvalue weighted by atomic mass is 16.1. The van der Waals surface area contributed by atoms with Crippen LogP contribution in [0.5, 0.6) is 0 Å². The number of allylic oxidation sites excluding steroid dienone is 8. The summed E-state index contributed by atoms with van der Waals surface area (Å²) in [5.74, 6) is 2.80. The average Bonchev–Trinajstić information content (AvgIpc) is 3.50. The lowest BCUT2D eigenvalue weighted by atomic mass is 9.88. The van der Waals surface area contributed by atoms with Crippen molar-refractivity contribution in [3.63, 3.8) is 0 Å². The summed E-state index contributed by atoms with van der Waals surface area (Å²) in [5.41, 5.74) is 5.79. The van der Waals surface area contributed by atoms with Crippen LogP contribution in [0, 0.1) is 32.6 Å². The summed E-state index contributed by atoms with van der Waals surface area (Å²) >= 11 is 0. The van der Waals surface area contributed by atoms with E-state index in [2.05, 4.69) is 41.0 Å². The summed E-state index contributed by atoms with van der Waals surface area (Å²) in [6, 6.07) is 0.712. The molecule has 0 amide bonds. The Morgan fingerprint density at radius 3 is 2.59 bits per heavy atom. The summed E-state index contributed by atoms with van der Waals surface area (Å²) < 4.78 is 1.92. The minimum absolute atomic E-state index is 0.617. The first kappa shape index (κ1) is 25.8. The van der Waals surface area contributed by atoms with E-state index in [-0.39, 0.29) is 0 Å². The van der Waals surface area contributed by atoms with Crippen molar-refractivity contribution in [3.8, 4) is 0 Å². The van der Waals surface area contributed by atoms with Gasteiger partial charge in [-0.05, 0) is 88.8 Å². The van der Waals surface area contributed by atoms with Crippen LogP contribution in [0.4, 0.5) is 0 Å². The lowest BCUT2D eigenvalue weighted by Crippen LogP contribution is -2.33. The summed E-state index contributed by atoms with van der Waals surface area (Å²) in [5, 5.41) is 4.57. The number of nitrogens with zero attached hydrogens (tertiary/aromatic N) is 5. The molecule has 3 unspecified atom stereocenters. The van der Waals surface area contributed by atoms with E-state index in [9.17, 15) is 4.79 Å². The third-order valence-corrected chi connectivity index (χ3v) is 8.67. The van der Waals surface area contributed by atoms with E-state index in [0.717, 1.165) is 35.6 Å². The molecular weight excluding hydrogens is 458 g/mol. The van der Waals surface area contributed by atoms with Crippen molar-refractivity contribution in [3.05, 3.63) is 70.4 Å². The second-order valence-corrected chi connectivity index (χ2v) is 11.2. The molecule has 0 bridgehead atoms. The van der Waals surface area contributed by atoms with Gasteiger partial charge in [0, 0.05) is 29.5 Å². The Bertz CT molecular complexity index is 1250. The van der Waals surface area contributed by atoms with Crippen LogP contribution in [-0.4, -0.2) is 49.9 Å². The van der Waals surface area contributed by atoms with Gasteiger partial charge in [0.25, 0.3) is 5.78 Å². The molecule has 1 saturated carbocycles. The van der Waals surface area contributed by atoms with Gasteiger partial charge in [0.15, 0.2) is 0 Å². The maximum Gasteiger partial charge on any atom is 0.252 e. The summed E-state index contributed by atoms with van der Waals surface area (Å²) in [7, 11) is 0. The molecule has 0 spiro atoms. The van der Waals surface area contributed by atoms with Gasteiger partial charge >= 0.3 is 0 Å². The standard InChI is InChI=1S/C31H41N5O/c1-22-30(23(2)36-31(32-22)33-24(3)34-36)19-26-17-18-35(20-26)29-15-5-4-11-27(14-8-16-29)28-12-6-9-25(21-37)10-7-13-28/h6-7,9-10,12-13,21,26-27,29H,4-5,8,11,14-20H2,1-3H3/b9-6-,10-7?,12-6?,13-7?,25-9?,25-10+,28-12?,28-13?. The Morgan fingerprint density at radius 1 is 0.946 bits per heavy atom. The largest absolute Gasteiger partial charge is 0.300 e. The molecule has 196 valence electrons. The SMILES string of the molecule is Cc1nc2nc(C)c(CC3CCN(C4CCCCC(C5=C/C=C\C(C=O)=C/C=C5)CCC4)C3)c(C)n2n1. The molecular formula is C31H41N5O. The van der Waals surface area contributed by atoms with Crippen molar-refractivity contribution >= 4 is 12.1 Å². The lowest BCUT2D eigenvalue weighted by molar-refractivity contribution is -0.104. The molecule has 3 heterocycles. The highest BCUT2D eigenvalue weighted by molar-refractivity contribution is 5.78. The molecule has 5 rings (SSSR count). The minimum Gasteiger partial charge on any atom is -0.300 e. The first-order valence-electron chi connectivity index (χ1n) is 14.2. The van der Waals surface area contributed by atoms with Crippen molar-refractivity contribution in [2.75, 3.05) is 13.1 Å². The van der Waals surface area contributed by atoms with E-state index in [1.54, 1.807) is 0 Å². The number of rotatable bonds is 5. The molecule has 2 aromatic heterocycles. The predicted molar refractivity (Wildman–Crippen MR) is 148 cm³/mol. The highest BCUT2D eigenvalue weighted by Gasteiger charge is 2.30. The zero-order valence-corrected chi connectivity index (χ0v) is 22.7. The van der Waals surface area contributed by atoms with E-state index >= 15 is 0 Å². The molecule has 3 aliphatic rings. The minimum atomic E-state index is 0.617. The van der Waals surface area contributed by atoms with Gasteiger partial charge in [0.1, 0.15) is 12.1 Å². The molecule has 2 aliphatic carbocycles. The van der Waals surface area contributed by atoms with Crippen LogP contribution in [0.25, 0.3) is 5.78 Å². The fraction of sp³-hybridized carbons (Fsp3) is 0.548. The molecule has 0 aromatic carbocycles. The number of carbonyl (C=O) groups excluding carboxylic acids is 1. The van der Waals surface area contributed by atoms with E-state index < -0.39 is 0 Å². The normalized spacial score (nSPS) is 27.9. The van der Waals surface area contributed by atoms with Gasteiger partial charge in [-0.1, -0.05) is 55.7 Å². The Morgan fingerprint density at radius 2 is 1.73 bits per heavy atom. The van der Waals surface area contributed by atoms with Gasteiger partial charge in [0.2, 0.25) is 0 Å². The van der Waals surface area contributed by atoms with Crippen LogP contribution in [0.3, 0.4) is 0 Å². The first-order valence-corrected chi connectivity index (χ1v) is 14.2. The number of fused-ring (bicyclic) bond motifs is 1. The number of carbonyl (C=O) groups is 1. The number of aromatic nitrogens is 4. The molecule has 0 N–H and O–H groups in total. The molecule has 6 heteroatoms. The molecule has 0 radical (unpaired) electrons. The van der Waals surface area contributed by atoms with Crippen molar-refractivity contribution in [1.82, 2.24) is 24.5 Å². The van der Waals surface area contributed by atoms with Crippen molar-refractivity contribution in [2.45, 2.75) is 84.6 Å². The van der Waals surface area contributed by atoms with E-state index in [1.807, 2.05) is 35.7 Å². The smallest absolute Gasteiger partial charge is 0.252 e. The third-order valence-electron chi connectivity index (χ3n) is 8.67. The van der Waals surface area contributed by atoms with Crippen molar-refractivity contribution in [2.24, 2.45) is 11.8 Å². The Labute approximate surface area is 221 Å². The molecule has 2 aromatic rings. The zero-order chi connectivity index (χ0) is 25.8. The third kappa shape index (κ3) is 6.01. The van der Waals surface area contributed by atoms with Gasteiger partial charge in [-0.2, -0.15) is 10.1 Å². The Kier molecular flexibility index (Phi) is 8.14. The number of aryl methyl sites for hydroxylation is 3. The summed E-state index contributed by atoms with van der Waals surface area (Å²) in [6.45, 7) is 8.65. The Balaban J connectivity index is 1.18. The molecule has 6 nitrogen and oxygen atoms in total. The van der Waals surface area contributed by atoms with Gasteiger partial charge < -0.3 is 4.90 Å². The van der Waals surface area contributed by atoms with Crippen LogP contribution in [-0.2, 0) is 11.2 Å². The predicted octanol–water partition coefficient (Wildman–Crippen LogP) is 5.82. The number of hydrogen-bond acceptors (Lipinski definition) is 5. The molecule has 3 atom stereocenters. The maximum absolute atomic E-state index is 11.1. The highest BCUT2D eigenvalue weighted by Crippen LogP contribution is 2.33. The molecule has 37 heavy (non-hydrogen) atoms. The van der Waals surface area contributed by atoms with E-state index in [4.69, 9.17) is 4.98 Å². The van der Waals surface area contributed by atoms with Gasteiger partial charge in [-0.15, -0.1) is 0 Å². The van der Waals surface area contributed by atoms with Crippen LogP contribution in [0.2, 0.25) is 0 Å². The van der Waals surface area contributed by atoms with Gasteiger partial charge in [-0.25, -0.2) is 9.50 Å². The topological polar surface area (TPSA) is 63.4 Å². The summed E-state index contributed by atoms with van der Waals surface area (Å²) in [4.78, 5) is 23.1. The molecule has 1 saturated heterocycles. The summed E-state index contributed by atoms with van der Waals surface area (Å²) in [6.07, 6.45) is 24.6. The van der Waals surface area contributed by atoms with Crippen LogP contribution in [0.1, 0.15) is 74.1 Å². The molecule has 2 fully saturated rings. The van der Waals surface area contributed by atoms with Crippen LogP contribution >= 0.6 is 0 Å². The number of hydrogen-bond donors (Lipinski definition) is 0. The quantitative estimate of drug-likeness (QED) is 0.485. The van der Waals surface area contributed by atoms with Gasteiger partial charge in [-0.3, -0.25) is 4.79 Å². The maximum atomic E-state index is 11.1. The van der Waals surface area contributed by atoms with E-state index in [1.165, 1.54) is 81.3 Å². The fourth-order valence-electron chi connectivity index (χ4n) is 6.61. The fourth-order valence-corrected chi connectivity index (χ4v) is 6.61. The Hall–Kier alpha value is -2.86. The van der Waals surface area contributed by atoms with E-state index in [0.29, 0.717) is 17.9 Å². The lowest BCUT2D eigenvalue weighted by Gasteiger charge is -2.28.